The second kappa shape index (κ2) is 5.50. The second-order valence-electron chi connectivity index (χ2n) is 6.55. The summed E-state index contributed by atoms with van der Waals surface area (Å²) >= 11 is 0. The molecule has 2 N–H and O–H groups in total. The van der Waals surface area contributed by atoms with Gasteiger partial charge in [0.15, 0.2) is 0 Å². The first-order valence-corrected chi connectivity index (χ1v) is 8.58. The summed E-state index contributed by atoms with van der Waals surface area (Å²) < 4.78 is 0. The highest BCUT2D eigenvalue weighted by Crippen LogP contribution is 2.47. The molecule has 0 saturated heterocycles. The van der Waals surface area contributed by atoms with Gasteiger partial charge in [0.05, 0.1) is 0 Å². The number of hydrogen-bond donors (Lipinski definition) is 2. The lowest BCUT2D eigenvalue weighted by atomic mass is 9.92. The molecule has 0 radical (unpaired) electrons. The standard InChI is InChI=1S/C24H16O2/c25-18-11-7-16(8-12-18)23-20-5-1-3-15-4-2-6-21(22(15)20)24(23)17-9-13-19(26)14-10-17/h1-14,25-26H. The number of hydrogen-bond acceptors (Lipinski definition) is 2. The highest BCUT2D eigenvalue weighted by atomic mass is 16.3. The van der Waals surface area contributed by atoms with E-state index in [0.717, 1.165) is 22.3 Å². The Bertz CT molecular complexity index is 1080. The van der Waals surface area contributed by atoms with Crippen molar-refractivity contribution in [1.29, 1.82) is 0 Å². The van der Waals surface area contributed by atoms with Gasteiger partial charge >= 0.3 is 0 Å². The molecular weight excluding hydrogens is 320 g/mol. The van der Waals surface area contributed by atoms with Crippen LogP contribution in [0, 0.1) is 0 Å². The van der Waals surface area contributed by atoms with Crippen LogP contribution < -0.4 is 0 Å². The maximum atomic E-state index is 9.70. The van der Waals surface area contributed by atoms with Crippen LogP contribution in [0.2, 0.25) is 0 Å². The third kappa shape index (κ3) is 2.12. The van der Waals surface area contributed by atoms with Gasteiger partial charge in [-0.25, -0.2) is 0 Å². The maximum absolute atomic E-state index is 9.70. The lowest BCUT2D eigenvalue weighted by molar-refractivity contribution is 0.474. The average Bonchev–Trinajstić information content (AvgIpc) is 3.00. The fourth-order valence-electron chi connectivity index (χ4n) is 3.88. The molecular formula is C24H16O2. The molecule has 0 heterocycles. The van der Waals surface area contributed by atoms with Crippen molar-refractivity contribution >= 4 is 21.9 Å². The molecule has 0 unspecified atom stereocenters. The Hall–Kier alpha value is -3.52. The molecule has 1 aliphatic carbocycles. The van der Waals surface area contributed by atoms with Gasteiger partial charge in [0.25, 0.3) is 0 Å². The number of aromatic hydroxyl groups is 2. The minimum Gasteiger partial charge on any atom is -0.508 e. The van der Waals surface area contributed by atoms with Crippen molar-refractivity contribution in [2.24, 2.45) is 0 Å². The quantitative estimate of drug-likeness (QED) is 0.442. The molecule has 0 aromatic heterocycles. The van der Waals surface area contributed by atoms with Crippen molar-refractivity contribution in [2.75, 3.05) is 0 Å². The first-order chi connectivity index (χ1) is 12.7. The molecule has 0 bridgehead atoms. The molecule has 0 atom stereocenters. The van der Waals surface area contributed by atoms with Gasteiger partial charge in [-0.15, -0.1) is 0 Å². The van der Waals surface area contributed by atoms with Gasteiger partial charge in [0.1, 0.15) is 11.5 Å². The van der Waals surface area contributed by atoms with Crippen molar-refractivity contribution in [2.45, 2.75) is 0 Å². The van der Waals surface area contributed by atoms with E-state index in [0.29, 0.717) is 0 Å². The van der Waals surface area contributed by atoms with E-state index < -0.39 is 0 Å². The summed E-state index contributed by atoms with van der Waals surface area (Å²) in [6.45, 7) is 0. The van der Waals surface area contributed by atoms with Gasteiger partial charge in [-0.2, -0.15) is 0 Å². The second-order valence-corrected chi connectivity index (χ2v) is 6.55. The molecule has 26 heavy (non-hydrogen) atoms. The van der Waals surface area contributed by atoms with E-state index in [1.807, 2.05) is 24.3 Å². The zero-order valence-corrected chi connectivity index (χ0v) is 14.0. The summed E-state index contributed by atoms with van der Waals surface area (Å²) in [5.74, 6) is 0.517. The van der Waals surface area contributed by atoms with Gasteiger partial charge in [-0.1, -0.05) is 60.7 Å². The molecule has 1 aliphatic rings. The summed E-state index contributed by atoms with van der Waals surface area (Å²) in [4.78, 5) is 0. The first-order valence-electron chi connectivity index (χ1n) is 8.58. The number of benzene rings is 4. The highest BCUT2D eigenvalue weighted by molar-refractivity contribution is 6.20. The molecule has 2 nitrogen and oxygen atoms in total. The van der Waals surface area contributed by atoms with Crippen LogP contribution >= 0.6 is 0 Å². The van der Waals surface area contributed by atoms with Crippen LogP contribution in [0.15, 0.2) is 84.9 Å². The first kappa shape index (κ1) is 14.8. The normalized spacial score (nSPS) is 12.8. The zero-order chi connectivity index (χ0) is 17.7. The predicted molar refractivity (Wildman–Crippen MR) is 105 cm³/mol. The SMILES string of the molecule is Oc1ccc(C2=C(c3ccc(O)cc3)c3cccc4cccc2c34)cc1. The summed E-state index contributed by atoms with van der Waals surface area (Å²) in [5, 5.41) is 21.9. The summed E-state index contributed by atoms with van der Waals surface area (Å²) in [5.41, 5.74) is 6.84. The van der Waals surface area contributed by atoms with Crippen molar-refractivity contribution in [3.8, 4) is 11.5 Å². The van der Waals surface area contributed by atoms with Gasteiger partial charge in [-0.3, -0.25) is 0 Å². The molecule has 0 aliphatic heterocycles. The Morgan fingerprint density at radius 3 is 1.31 bits per heavy atom. The van der Waals surface area contributed by atoms with E-state index in [-0.39, 0.29) is 11.5 Å². The number of phenolic OH excluding ortho intramolecular Hbond substituents is 2. The number of rotatable bonds is 2. The van der Waals surface area contributed by atoms with Crippen LogP contribution in [-0.4, -0.2) is 10.2 Å². The van der Waals surface area contributed by atoms with E-state index in [4.69, 9.17) is 0 Å². The van der Waals surface area contributed by atoms with Gasteiger partial charge < -0.3 is 10.2 Å². The van der Waals surface area contributed by atoms with Crippen molar-refractivity contribution in [3.05, 3.63) is 107 Å². The fourth-order valence-corrected chi connectivity index (χ4v) is 3.88. The Kier molecular flexibility index (Phi) is 3.13. The van der Waals surface area contributed by atoms with E-state index in [2.05, 4.69) is 36.4 Å². The minimum atomic E-state index is 0.259. The van der Waals surface area contributed by atoms with Crippen LogP contribution in [0.1, 0.15) is 22.3 Å². The van der Waals surface area contributed by atoms with Crippen LogP contribution in [0.3, 0.4) is 0 Å². The molecule has 2 heteroatoms. The number of phenols is 2. The third-order valence-electron chi connectivity index (χ3n) is 5.01. The van der Waals surface area contributed by atoms with E-state index in [1.54, 1.807) is 24.3 Å². The molecule has 0 saturated carbocycles. The van der Waals surface area contributed by atoms with Crippen molar-refractivity contribution in [1.82, 2.24) is 0 Å². The van der Waals surface area contributed by atoms with E-state index in [1.165, 1.54) is 21.9 Å². The molecule has 5 rings (SSSR count). The summed E-state index contributed by atoms with van der Waals surface area (Å²) in [7, 11) is 0. The van der Waals surface area contributed by atoms with E-state index >= 15 is 0 Å². The lowest BCUT2D eigenvalue weighted by Crippen LogP contribution is -1.90. The van der Waals surface area contributed by atoms with Crippen LogP contribution in [0.5, 0.6) is 11.5 Å². The van der Waals surface area contributed by atoms with Gasteiger partial charge in [0.2, 0.25) is 0 Å². The summed E-state index contributed by atoms with van der Waals surface area (Å²) in [6.07, 6.45) is 0. The molecule has 0 spiro atoms. The van der Waals surface area contributed by atoms with Crippen molar-refractivity contribution < 1.29 is 10.2 Å². The zero-order valence-electron chi connectivity index (χ0n) is 14.0. The molecule has 124 valence electrons. The Morgan fingerprint density at radius 2 is 0.885 bits per heavy atom. The Balaban J connectivity index is 1.88. The molecule has 0 fully saturated rings. The largest absolute Gasteiger partial charge is 0.508 e. The fraction of sp³-hybridized carbons (Fsp3) is 0. The predicted octanol–water partition coefficient (Wildman–Crippen LogP) is 5.57. The molecule has 0 amide bonds. The Morgan fingerprint density at radius 1 is 0.462 bits per heavy atom. The molecule has 4 aromatic carbocycles. The molecule has 4 aromatic rings. The monoisotopic (exact) mass is 336 g/mol. The highest BCUT2D eigenvalue weighted by Gasteiger charge is 2.25. The van der Waals surface area contributed by atoms with Crippen LogP contribution in [-0.2, 0) is 0 Å². The topological polar surface area (TPSA) is 40.5 Å². The van der Waals surface area contributed by atoms with Crippen molar-refractivity contribution in [3.63, 3.8) is 0 Å². The Labute approximate surface area is 151 Å². The van der Waals surface area contributed by atoms with Crippen LogP contribution in [0.25, 0.3) is 21.9 Å². The van der Waals surface area contributed by atoms with Gasteiger partial charge in [0, 0.05) is 0 Å². The lowest BCUT2D eigenvalue weighted by Gasteiger charge is -2.11. The van der Waals surface area contributed by atoms with Gasteiger partial charge in [-0.05, 0) is 68.4 Å². The average molecular weight is 336 g/mol. The summed E-state index contributed by atoms with van der Waals surface area (Å²) in [6, 6.07) is 27.5. The maximum Gasteiger partial charge on any atom is 0.115 e. The van der Waals surface area contributed by atoms with Crippen LogP contribution in [0.4, 0.5) is 0 Å². The third-order valence-corrected chi connectivity index (χ3v) is 5.01. The smallest absolute Gasteiger partial charge is 0.115 e. The van der Waals surface area contributed by atoms with E-state index in [9.17, 15) is 10.2 Å². The minimum absolute atomic E-state index is 0.259.